The number of para-hydroxylation sites is 1. The summed E-state index contributed by atoms with van der Waals surface area (Å²) in [7, 11) is 0. The first kappa shape index (κ1) is 17.8. The van der Waals surface area contributed by atoms with Crippen molar-refractivity contribution in [3.8, 4) is 5.75 Å². The molecule has 0 aliphatic carbocycles. The molecular formula is C17H17F3N2O2. The van der Waals surface area contributed by atoms with Crippen LogP contribution in [0.25, 0.3) is 0 Å². The Morgan fingerprint density at radius 2 is 1.88 bits per heavy atom. The van der Waals surface area contributed by atoms with Crippen LogP contribution >= 0.6 is 0 Å². The van der Waals surface area contributed by atoms with Crippen molar-refractivity contribution >= 4 is 5.91 Å². The van der Waals surface area contributed by atoms with Crippen LogP contribution in [0.15, 0.2) is 48.8 Å². The maximum atomic E-state index is 12.4. The van der Waals surface area contributed by atoms with E-state index < -0.39 is 6.36 Å². The van der Waals surface area contributed by atoms with E-state index in [-0.39, 0.29) is 30.5 Å². The van der Waals surface area contributed by atoms with Gasteiger partial charge in [-0.2, -0.15) is 0 Å². The highest BCUT2D eigenvalue weighted by molar-refractivity contribution is 5.76. The molecule has 1 atom stereocenters. The van der Waals surface area contributed by atoms with Gasteiger partial charge in [-0.1, -0.05) is 18.2 Å². The molecule has 24 heavy (non-hydrogen) atoms. The van der Waals surface area contributed by atoms with Crippen molar-refractivity contribution < 1.29 is 22.7 Å². The SMILES string of the molecule is C[C@H](NC(=O)CCc1ccccc1OC(F)(F)F)c1ccncc1. The van der Waals surface area contributed by atoms with E-state index in [4.69, 9.17) is 0 Å². The van der Waals surface area contributed by atoms with Gasteiger partial charge in [0.05, 0.1) is 6.04 Å². The fraction of sp³-hybridized carbons (Fsp3) is 0.294. The molecule has 0 saturated carbocycles. The second-order valence-corrected chi connectivity index (χ2v) is 5.23. The molecule has 0 spiro atoms. The molecule has 2 aromatic rings. The fourth-order valence-corrected chi connectivity index (χ4v) is 2.23. The summed E-state index contributed by atoms with van der Waals surface area (Å²) in [5, 5.41) is 2.80. The number of nitrogens with one attached hydrogen (secondary N) is 1. The van der Waals surface area contributed by atoms with Gasteiger partial charge in [-0.25, -0.2) is 0 Å². The molecular weight excluding hydrogens is 321 g/mol. The topological polar surface area (TPSA) is 51.2 Å². The van der Waals surface area contributed by atoms with Crippen molar-refractivity contribution in [2.24, 2.45) is 0 Å². The second-order valence-electron chi connectivity index (χ2n) is 5.23. The van der Waals surface area contributed by atoms with Gasteiger partial charge >= 0.3 is 6.36 Å². The molecule has 7 heteroatoms. The Hall–Kier alpha value is -2.57. The predicted molar refractivity (Wildman–Crippen MR) is 82.2 cm³/mol. The molecule has 1 aromatic heterocycles. The molecule has 128 valence electrons. The first-order chi connectivity index (χ1) is 11.3. The molecule has 1 aromatic carbocycles. The zero-order chi connectivity index (χ0) is 17.6. The Bertz CT molecular complexity index is 675. The third kappa shape index (κ3) is 5.57. The quantitative estimate of drug-likeness (QED) is 0.872. The smallest absolute Gasteiger partial charge is 0.406 e. The largest absolute Gasteiger partial charge is 0.573 e. The fourth-order valence-electron chi connectivity index (χ4n) is 2.23. The lowest BCUT2D eigenvalue weighted by atomic mass is 10.1. The van der Waals surface area contributed by atoms with E-state index in [1.165, 1.54) is 18.2 Å². The first-order valence-corrected chi connectivity index (χ1v) is 7.38. The highest BCUT2D eigenvalue weighted by Gasteiger charge is 2.31. The van der Waals surface area contributed by atoms with Crippen molar-refractivity contribution in [2.75, 3.05) is 0 Å². The summed E-state index contributed by atoms with van der Waals surface area (Å²) in [6.07, 6.45) is -1.28. The number of hydrogen-bond acceptors (Lipinski definition) is 3. The van der Waals surface area contributed by atoms with Crippen LogP contribution in [0, 0.1) is 0 Å². The molecule has 4 nitrogen and oxygen atoms in total. The Morgan fingerprint density at radius 1 is 1.21 bits per heavy atom. The van der Waals surface area contributed by atoms with Gasteiger partial charge in [0.15, 0.2) is 0 Å². The number of amides is 1. The average molecular weight is 338 g/mol. The summed E-state index contributed by atoms with van der Waals surface area (Å²) in [5.41, 5.74) is 1.24. The van der Waals surface area contributed by atoms with E-state index >= 15 is 0 Å². The van der Waals surface area contributed by atoms with Gasteiger partial charge in [-0.05, 0) is 42.7 Å². The number of hydrogen-bond donors (Lipinski definition) is 1. The van der Waals surface area contributed by atoms with Crippen LogP contribution in [0.4, 0.5) is 13.2 Å². The number of halogens is 3. The Labute approximate surface area is 137 Å². The van der Waals surface area contributed by atoms with E-state index in [2.05, 4.69) is 15.0 Å². The monoisotopic (exact) mass is 338 g/mol. The average Bonchev–Trinajstić information content (AvgIpc) is 2.53. The summed E-state index contributed by atoms with van der Waals surface area (Å²) in [5.74, 6) is -0.527. The molecule has 0 unspecified atom stereocenters. The highest BCUT2D eigenvalue weighted by Crippen LogP contribution is 2.27. The van der Waals surface area contributed by atoms with E-state index in [9.17, 15) is 18.0 Å². The van der Waals surface area contributed by atoms with Crippen LogP contribution in [0.5, 0.6) is 5.75 Å². The van der Waals surface area contributed by atoms with Crippen molar-refractivity contribution in [2.45, 2.75) is 32.2 Å². The number of pyridine rings is 1. The van der Waals surface area contributed by atoms with Gasteiger partial charge in [0, 0.05) is 18.8 Å². The number of alkyl halides is 3. The van der Waals surface area contributed by atoms with E-state index in [1.807, 2.05) is 6.92 Å². The Balaban J connectivity index is 1.92. The van der Waals surface area contributed by atoms with Gasteiger partial charge in [0.1, 0.15) is 5.75 Å². The zero-order valence-electron chi connectivity index (χ0n) is 13.0. The first-order valence-electron chi connectivity index (χ1n) is 7.38. The third-order valence-corrected chi connectivity index (χ3v) is 3.40. The number of ether oxygens (including phenoxy) is 1. The van der Waals surface area contributed by atoms with Crippen LogP contribution in [-0.2, 0) is 11.2 Å². The van der Waals surface area contributed by atoms with Gasteiger partial charge in [-0.3, -0.25) is 9.78 Å². The van der Waals surface area contributed by atoms with Gasteiger partial charge in [0.2, 0.25) is 5.91 Å². The number of nitrogens with zero attached hydrogens (tertiary/aromatic N) is 1. The van der Waals surface area contributed by atoms with Gasteiger partial charge < -0.3 is 10.1 Å². The Kier molecular flexibility index (Phi) is 5.78. The molecule has 1 heterocycles. The lowest BCUT2D eigenvalue weighted by molar-refractivity contribution is -0.274. The lowest BCUT2D eigenvalue weighted by Gasteiger charge is -2.15. The zero-order valence-corrected chi connectivity index (χ0v) is 13.0. The molecule has 0 aliphatic heterocycles. The maximum absolute atomic E-state index is 12.4. The van der Waals surface area contributed by atoms with Gasteiger partial charge in [-0.15, -0.1) is 13.2 Å². The highest BCUT2D eigenvalue weighted by atomic mass is 19.4. The second kappa shape index (κ2) is 7.81. The van der Waals surface area contributed by atoms with E-state index in [1.54, 1.807) is 30.6 Å². The molecule has 0 radical (unpaired) electrons. The summed E-state index contributed by atoms with van der Waals surface area (Å²) in [6, 6.07) is 9.18. The normalized spacial score (nSPS) is 12.5. The molecule has 2 rings (SSSR count). The minimum atomic E-state index is -4.76. The van der Waals surface area contributed by atoms with Gasteiger partial charge in [0.25, 0.3) is 0 Å². The van der Waals surface area contributed by atoms with Crippen molar-refractivity contribution in [3.63, 3.8) is 0 Å². The molecule has 0 bridgehead atoms. The van der Waals surface area contributed by atoms with Crippen LogP contribution in [-0.4, -0.2) is 17.3 Å². The molecule has 0 saturated heterocycles. The number of aryl methyl sites for hydroxylation is 1. The summed E-state index contributed by atoms with van der Waals surface area (Å²) >= 11 is 0. The van der Waals surface area contributed by atoms with Crippen LogP contribution in [0.1, 0.15) is 30.5 Å². The van der Waals surface area contributed by atoms with Crippen LogP contribution in [0.3, 0.4) is 0 Å². The number of carbonyl (C=O) groups excluding carboxylic acids is 1. The number of rotatable bonds is 6. The molecule has 0 fully saturated rings. The molecule has 1 amide bonds. The molecule has 1 N–H and O–H groups in total. The van der Waals surface area contributed by atoms with Crippen LogP contribution in [0.2, 0.25) is 0 Å². The summed E-state index contributed by atoms with van der Waals surface area (Å²) in [4.78, 5) is 15.9. The standard InChI is InChI=1S/C17H17F3N2O2/c1-12(13-8-10-21-11-9-13)22-16(23)7-6-14-4-2-3-5-15(14)24-17(18,19)20/h2-5,8-12H,6-7H2,1H3,(H,22,23)/t12-/m0/s1. The van der Waals surface area contributed by atoms with Crippen molar-refractivity contribution in [3.05, 3.63) is 59.9 Å². The predicted octanol–water partition coefficient (Wildman–Crippen LogP) is 3.79. The van der Waals surface area contributed by atoms with Crippen molar-refractivity contribution in [1.82, 2.24) is 10.3 Å². The number of aromatic nitrogens is 1. The maximum Gasteiger partial charge on any atom is 0.573 e. The minimum Gasteiger partial charge on any atom is -0.406 e. The number of carbonyl (C=O) groups is 1. The number of benzene rings is 1. The lowest BCUT2D eigenvalue weighted by Crippen LogP contribution is -2.27. The van der Waals surface area contributed by atoms with E-state index in [0.29, 0.717) is 5.56 Å². The van der Waals surface area contributed by atoms with E-state index in [0.717, 1.165) is 5.56 Å². The minimum absolute atomic E-state index is 0.0631. The van der Waals surface area contributed by atoms with Crippen LogP contribution < -0.4 is 10.1 Å². The third-order valence-electron chi connectivity index (χ3n) is 3.40. The summed E-state index contributed by atoms with van der Waals surface area (Å²) < 4.78 is 41.1. The summed E-state index contributed by atoms with van der Waals surface area (Å²) in [6.45, 7) is 1.83. The Morgan fingerprint density at radius 3 is 2.54 bits per heavy atom. The van der Waals surface area contributed by atoms with Crippen molar-refractivity contribution in [1.29, 1.82) is 0 Å². The molecule has 0 aliphatic rings.